The highest BCUT2D eigenvalue weighted by molar-refractivity contribution is 5.62. The van der Waals surface area contributed by atoms with Gasteiger partial charge < -0.3 is 86.4 Å². The molecule has 4 aliphatic rings. The van der Waals surface area contributed by atoms with Crippen LogP contribution in [-0.4, -0.2) is 58.6 Å². The van der Waals surface area contributed by atoms with Gasteiger partial charge in [-0.3, -0.25) is 0 Å². The van der Waals surface area contributed by atoms with Crippen molar-refractivity contribution < 1.29 is 63.4 Å². The Kier molecular flexibility index (Phi) is 27.8. The van der Waals surface area contributed by atoms with E-state index in [0.29, 0.717) is 71.7 Å². The minimum atomic E-state index is -0.334. The number of allylic oxidation sites excluding steroid dienone is 4. The quantitative estimate of drug-likeness (QED) is 0.0320. The van der Waals surface area contributed by atoms with Crippen LogP contribution in [0.1, 0.15) is 154 Å². The number of nitrogens with zero attached hydrogens (tertiary/aromatic N) is 4. The zero-order valence-corrected chi connectivity index (χ0v) is 58.3. The molecule has 103 heavy (non-hydrogen) atoms. The summed E-state index contributed by atoms with van der Waals surface area (Å²) in [6, 6.07) is 58.5. The van der Waals surface area contributed by atoms with Crippen molar-refractivity contribution in [1.29, 1.82) is 21.0 Å². The molecule has 0 fully saturated rings. The van der Waals surface area contributed by atoms with Gasteiger partial charge in [0, 0.05) is 53.1 Å². The number of fused-ring (bicyclic) bond motifs is 4. The molecule has 532 valence electrons. The van der Waals surface area contributed by atoms with Gasteiger partial charge in [-0.1, -0.05) is 126 Å². The second-order valence-corrected chi connectivity index (χ2v) is 24.0. The van der Waals surface area contributed by atoms with Gasteiger partial charge in [0.05, 0.1) is 50.1 Å². The first-order valence-corrected chi connectivity index (χ1v) is 34.1. The average Bonchev–Trinajstić information content (AvgIpc) is 0.793. The van der Waals surface area contributed by atoms with Gasteiger partial charge in [-0.15, -0.1) is 0 Å². The molecule has 8 aromatic rings. The van der Waals surface area contributed by atoms with Gasteiger partial charge in [0.2, 0.25) is 23.5 Å². The normalized spacial score (nSPS) is 15.6. The average molecular weight is 1390 g/mol. The number of rotatable bonds is 20. The van der Waals surface area contributed by atoms with Crippen LogP contribution in [0.5, 0.6) is 69.0 Å². The number of nitrogens with two attached hydrogens (primary N) is 4. The number of phenolic OH excluding ortho intramolecular Hbond substituents is 4. The number of phenols is 4. The highest BCUT2D eigenvalue weighted by Crippen LogP contribution is 2.48. The van der Waals surface area contributed by atoms with Gasteiger partial charge in [0.15, 0.2) is 0 Å². The molecule has 0 saturated carbocycles. The Hall–Kier alpha value is -12.6. The van der Waals surface area contributed by atoms with Crippen LogP contribution >= 0.6 is 0 Å². The molecule has 4 atom stereocenters. The number of aliphatic hydroxyl groups is 1. The number of nitriles is 4. The van der Waals surface area contributed by atoms with Crippen LogP contribution in [0.4, 0.5) is 0 Å². The summed E-state index contributed by atoms with van der Waals surface area (Å²) in [7, 11) is 0. The molecule has 0 amide bonds. The predicted octanol–water partition coefficient (Wildman–Crippen LogP) is 15.2. The molecule has 4 unspecified atom stereocenters. The van der Waals surface area contributed by atoms with E-state index in [1.54, 1.807) is 55.5 Å². The molecule has 0 aromatic heterocycles. The van der Waals surface area contributed by atoms with Crippen LogP contribution in [-0.2, 0) is 0 Å². The van der Waals surface area contributed by atoms with Crippen molar-refractivity contribution in [3.05, 3.63) is 260 Å². The lowest BCUT2D eigenvalue weighted by Gasteiger charge is -2.26. The first kappa shape index (κ1) is 76.2. The predicted molar refractivity (Wildman–Crippen MR) is 390 cm³/mol. The number of hydrogen-bond donors (Lipinski definition) is 9. The van der Waals surface area contributed by atoms with Crippen molar-refractivity contribution in [3.63, 3.8) is 0 Å². The number of ether oxygens (including phenoxy) is 8. The van der Waals surface area contributed by atoms with Crippen molar-refractivity contribution in [2.24, 2.45) is 22.9 Å². The van der Waals surface area contributed by atoms with E-state index in [-0.39, 0.29) is 76.8 Å². The zero-order chi connectivity index (χ0) is 74.0. The largest absolute Gasteiger partial charge is 0.508 e. The summed E-state index contributed by atoms with van der Waals surface area (Å²) in [6.45, 7) is 13.1. The van der Waals surface area contributed by atoms with E-state index >= 15 is 0 Å². The number of hydrogen-bond acceptors (Lipinski definition) is 21. The van der Waals surface area contributed by atoms with Crippen LogP contribution in [0.3, 0.4) is 0 Å². The minimum Gasteiger partial charge on any atom is -0.508 e. The molecule has 0 bridgehead atoms. The van der Waals surface area contributed by atoms with Crippen molar-refractivity contribution in [3.8, 4) is 93.3 Å². The van der Waals surface area contributed by atoms with Gasteiger partial charge in [-0.2, -0.15) is 21.0 Å². The Morgan fingerprint density at radius 2 is 0.505 bits per heavy atom. The summed E-state index contributed by atoms with van der Waals surface area (Å²) in [5.74, 6) is 4.31. The molecule has 13 N–H and O–H groups in total. The minimum absolute atomic E-state index is 0.0638. The summed E-state index contributed by atoms with van der Waals surface area (Å²) in [4.78, 5) is 0. The van der Waals surface area contributed by atoms with Gasteiger partial charge in [-0.25, -0.2) is 0 Å². The van der Waals surface area contributed by atoms with E-state index < -0.39 is 0 Å². The fourth-order valence-electron chi connectivity index (χ4n) is 11.5. The standard InChI is InChI=1S/4C20H20N2O3.C2H6O/c4*1-2-3-10-24-15-7-4-13(5-8-15)19-16-9-6-14(23)11-18(16)25-20(22)17(19)12-21;1-2-3/h4*4-9,11,19,23H,2-3,10,22H2,1H3;3H,2H2,1H3. The smallest absolute Gasteiger partial charge is 0.205 e. The van der Waals surface area contributed by atoms with Crippen LogP contribution in [0.15, 0.2) is 216 Å². The van der Waals surface area contributed by atoms with Crippen molar-refractivity contribution in [2.45, 2.75) is 110 Å². The highest BCUT2D eigenvalue weighted by Gasteiger charge is 2.35. The van der Waals surface area contributed by atoms with Crippen LogP contribution in [0.25, 0.3) is 0 Å². The lowest BCUT2D eigenvalue weighted by atomic mass is 9.83. The Balaban J connectivity index is 0.000000172. The molecular formula is C82H86N8O13. The Morgan fingerprint density at radius 1 is 0.320 bits per heavy atom. The van der Waals surface area contributed by atoms with E-state index in [1.807, 2.05) is 97.1 Å². The van der Waals surface area contributed by atoms with Crippen LogP contribution < -0.4 is 60.8 Å². The fraction of sp³-hybridized carbons (Fsp3) is 0.268. The molecule has 0 spiro atoms. The lowest BCUT2D eigenvalue weighted by molar-refractivity contribution is 0.309. The van der Waals surface area contributed by atoms with Gasteiger partial charge in [-0.05, 0) is 128 Å². The monoisotopic (exact) mass is 1390 g/mol. The molecule has 4 heterocycles. The van der Waals surface area contributed by atoms with Gasteiger partial charge in [0.25, 0.3) is 0 Å². The fourth-order valence-corrected chi connectivity index (χ4v) is 11.5. The second-order valence-electron chi connectivity index (χ2n) is 24.0. The molecular weight excluding hydrogens is 1300 g/mol. The molecule has 0 aliphatic carbocycles. The van der Waals surface area contributed by atoms with E-state index in [2.05, 4.69) is 52.0 Å². The number of aliphatic hydroxyl groups excluding tert-OH is 1. The van der Waals surface area contributed by atoms with Gasteiger partial charge >= 0.3 is 0 Å². The number of aromatic hydroxyl groups is 4. The van der Waals surface area contributed by atoms with E-state index in [4.69, 9.17) is 65.9 Å². The summed E-state index contributed by atoms with van der Waals surface area (Å²) >= 11 is 0. The van der Waals surface area contributed by atoms with E-state index in [9.17, 15) is 41.5 Å². The zero-order valence-electron chi connectivity index (χ0n) is 58.3. The van der Waals surface area contributed by atoms with Crippen molar-refractivity contribution in [2.75, 3.05) is 33.0 Å². The lowest BCUT2D eigenvalue weighted by Crippen LogP contribution is -2.20. The SMILES string of the molecule is CCCCOc1ccc(C2C(C#N)=C(N)Oc3cc(O)ccc32)cc1.CCCCOc1ccc(C2C(C#N)=C(N)Oc3cc(O)ccc32)cc1.CCCCOc1ccc(C2C(C#N)=C(N)Oc3cc(O)ccc32)cc1.CCCCOc1ccc(C2C(C#N)=C(N)Oc3cc(O)ccc32)cc1.CCO. The Labute approximate surface area is 600 Å². The molecule has 21 heteroatoms. The first-order chi connectivity index (χ1) is 50.0. The summed E-state index contributed by atoms with van der Waals surface area (Å²) < 4.78 is 44.8. The summed E-state index contributed by atoms with van der Waals surface area (Å²) in [5.41, 5.74) is 32.0. The topological polar surface area (TPSA) is 374 Å². The van der Waals surface area contributed by atoms with Crippen LogP contribution in [0.2, 0.25) is 0 Å². The molecule has 21 nitrogen and oxygen atoms in total. The van der Waals surface area contributed by atoms with Gasteiger partial charge in [0.1, 0.15) is 116 Å². The third-order valence-corrected chi connectivity index (χ3v) is 16.7. The maximum atomic E-state index is 9.68. The maximum Gasteiger partial charge on any atom is 0.205 e. The molecule has 0 radical (unpaired) electrons. The third-order valence-electron chi connectivity index (χ3n) is 16.7. The van der Waals surface area contributed by atoms with E-state index in [0.717, 1.165) is 119 Å². The number of benzene rings is 8. The highest BCUT2D eigenvalue weighted by atomic mass is 16.5. The first-order valence-electron chi connectivity index (χ1n) is 34.1. The van der Waals surface area contributed by atoms with Crippen molar-refractivity contribution in [1.82, 2.24) is 0 Å². The Bertz CT molecular complexity index is 3930. The third kappa shape index (κ3) is 19.5. The molecule has 12 rings (SSSR count). The van der Waals surface area contributed by atoms with E-state index in [1.165, 1.54) is 24.3 Å². The van der Waals surface area contributed by atoms with Crippen molar-refractivity contribution >= 4 is 0 Å². The summed E-state index contributed by atoms with van der Waals surface area (Å²) in [5, 5.41) is 84.4. The Morgan fingerprint density at radius 3 is 0.670 bits per heavy atom. The van der Waals surface area contributed by atoms with Crippen LogP contribution in [0, 0.1) is 45.3 Å². The summed E-state index contributed by atoms with van der Waals surface area (Å²) in [6.07, 6.45) is 8.37. The molecule has 8 aromatic carbocycles. The maximum absolute atomic E-state index is 9.68. The second kappa shape index (κ2) is 37.6. The number of unbranched alkanes of at least 4 members (excludes halogenated alkanes) is 4. The molecule has 0 saturated heterocycles. The molecule has 4 aliphatic heterocycles.